The molecule has 0 radical (unpaired) electrons. The van der Waals surface area contributed by atoms with Gasteiger partial charge in [0.15, 0.2) is 0 Å². The number of hydrogen-bond acceptors (Lipinski definition) is 3. The molecule has 3 rings (SSSR count). The summed E-state index contributed by atoms with van der Waals surface area (Å²) in [6.07, 6.45) is 4.79. The average Bonchev–Trinajstić information content (AvgIpc) is 3.09. The van der Waals surface area contributed by atoms with E-state index < -0.39 is 0 Å². The second kappa shape index (κ2) is 6.90. The fourth-order valence-corrected chi connectivity index (χ4v) is 2.72. The molecular formula is C17H17ClN2O2. The number of carbonyl (C=O) groups is 1. The highest BCUT2D eigenvalue weighted by molar-refractivity contribution is 6.30. The second-order valence-corrected chi connectivity index (χ2v) is 5.71. The Morgan fingerprint density at radius 2 is 1.86 bits per heavy atom. The van der Waals surface area contributed by atoms with Crippen LogP contribution in [0.4, 0.5) is 0 Å². The minimum absolute atomic E-state index is 0.0748. The van der Waals surface area contributed by atoms with E-state index in [0.29, 0.717) is 11.6 Å². The minimum atomic E-state index is -0.350. The van der Waals surface area contributed by atoms with E-state index in [1.165, 1.54) is 0 Å². The Morgan fingerprint density at radius 3 is 2.50 bits per heavy atom. The van der Waals surface area contributed by atoms with E-state index in [4.69, 9.17) is 16.3 Å². The van der Waals surface area contributed by atoms with Gasteiger partial charge in [0, 0.05) is 24.0 Å². The molecule has 2 heterocycles. The van der Waals surface area contributed by atoms with Crippen LogP contribution in [-0.4, -0.2) is 23.6 Å². The van der Waals surface area contributed by atoms with Gasteiger partial charge < -0.3 is 10.1 Å². The van der Waals surface area contributed by atoms with Crippen LogP contribution in [0.25, 0.3) is 0 Å². The van der Waals surface area contributed by atoms with Crippen molar-refractivity contribution in [3.63, 3.8) is 0 Å². The largest absolute Gasteiger partial charge is 0.368 e. The number of ether oxygens (including phenoxy) is 1. The standard InChI is InChI=1S/C17H17ClN2O2/c18-14-5-3-12(4-6-14)16(13-7-9-19-10-8-13)20-17(21)15-2-1-11-22-15/h3-10,15-16H,1-2,11H2,(H,20,21)/t15-,16-/m0/s1. The number of rotatable bonds is 4. The van der Waals surface area contributed by atoms with Crippen LogP contribution < -0.4 is 5.32 Å². The normalized spacial score (nSPS) is 18.9. The van der Waals surface area contributed by atoms with E-state index in [2.05, 4.69) is 10.3 Å². The molecule has 0 aliphatic carbocycles. The highest BCUT2D eigenvalue weighted by Crippen LogP contribution is 2.24. The number of benzene rings is 1. The number of carbonyl (C=O) groups excluding carboxylic acids is 1. The maximum absolute atomic E-state index is 12.4. The number of halogens is 1. The van der Waals surface area contributed by atoms with Gasteiger partial charge in [-0.05, 0) is 48.2 Å². The predicted molar refractivity (Wildman–Crippen MR) is 84.6 cm³/mol. The zero-order chi connectivity index (χ0) is 15.4. The van der Waals surface area contributed by atoms with Crippen LogP contribution in [0.5, 0.6) is 0 Å². The van der Waals surface area contributed by atoms with Crippen molar-refractivity contribution in [1.82, 2.24) is 10.3 Å². The van der Waals surface area contributed by atoms with Gasteiger partial charge in [0.25, 0.3) is 0 Å². The van der Waals surface area contributed by atoms with Gasteiger partial charge in [-0.3, -0.25) is 9.78 Å². The Hall–Kier alpha value is -1.91. The van der Waals surface area contributed by atoms with Crippen molar-refractivity contribution in [3.8, 4) is 0 Å². The molecule has 1 aliphatic heterocycles. The van der Waals surface area contributed by atoms with E-state index in [-0.39, 0.29) is 18.1 Å². The highest BCUT2D eigenvalue weighted by Gasteiger charge is 2.26. The summed E-state index contributed by atoms with van der Waals surface area (Å²) in [4.78, 5) is 16.4. The number of hydrogen-bond donors (Lipinski definition) is 1. The van der Waals surface area contributed by atoms with Crippen molar-refractivity contribution >= 4 is 17.5 Å². The number of pyridine rings is 1. The summed E-state index contributed by atoms with van der Waals surface area (Å²) in [7, 11) is 0. The highest BCUT2D eigenvalue weighted by atomic mass is 35.5. The van der Waals surface area contributed by atoms with Crippen molar-refractivity contribution in [2.75, 3.05) is 6.61 Å². The molecule has 0 bridgehead atoms. The van der Waals surface area contributed by atoms with Gasteiger partial charge in [0.05, 0.1) is 6.04 Å². The van der Waals surface area contributed by atoms with Crippen LogP contribution in [-0.2, 0) is 9.53 Å². The molecule has 0 unspecified atom stereocenters. The summed E-state index contributed by atoms with van der Waals surface area (Å²) in [5.41, 5.74) is 1.95. The molecule has 1 fully saturated rings. The molecular weight excluding hydrogens is 300 g/mol. The van der Waals surface area contributed by atoms with Crippen molar-refractivity contribution in [3.05, 3.63) is 64.9 Å². The zero-order valence-corrected chi connectivity index (χ0v) is 12.8. The van der Waals surface area contributed by atoms with Gasteiger partial charge >= 0.3 is 0 Å². The molecule has 2 atom stereocenters. The van der Waals surface area contributed by atoms with Crippen LogP contribution in [0.1, 0.15) is 30.0 Å². The quantitative estimate of drug-likeness (QED) is 0.943. The van der Waals surface area contributed by atoms with E-state index >= 15 is 0 Å². The zero-order valence-electron chi connectivity index (χ0n) is 12.0. The summed E-state index contributed by atoms with van der Waals surface area (Å²) in [6, 6.07) is 11.0. The third-order valence-corrected chi connectivity index (χ3v) is 4.00. The molecule has 1 aliphatic rings. The van der Waals surface area contributed by atoms with Gasteiger partial charge in [-0.1, -0.05) is 23.7 Å². The molecule has 1 saturated heterocycles. The predicted octanol–water partition coefficient (Wildman–Crippen LogP) is 3.12. The third kappa shape index (κ3) is 3.46. The van der Waals surface area contributed by atoms with Crippen molar-refractivity contribution in [1.29, 1.82) is 0 Å². The van der Waals surface area contributed by atoms with Crippen molar-refractivity contribution in [2.24, 2.45) is 0 Å². The topological polar surface area (TPSA) is 51.2 Å². The Kier molecular flexibility index (Phi) is 4.71. The fraction of sp³-hybridized carbons (Fsp3) is 0.294. The Labute approximate surface area is 134 Å². The van der Waals surface area contributed by atoms with E-state index in [0.717, 1.165) is 24.0 Å². The van der Waals surface area contributed by atoms with Gasteiger partial charge in [-0.2, -0.15) is 0 Å². The Bertz CT molecular complexity index is 625. The molecule has 4 nitrogen and oxygen atoms in total. The van der Waals surface area contributed by atoms with Gasteiger partial charge in [0.1, 0.15) is 6.10 Å². The lowest BCUT2D eigenvalue weighted by molar-refractivity contribution is -0.130. The Balaban J connectivity index is 1.86. The first kappa shape index (κ1) is 15.0. The van der Waals surface area contributed by atoms with Crippen LogP contribution in [0.2, 0.25) is 5.02 Å². The summed E-state index contributed by atoms with van der Waals surface area (Å²) in [5.74, 6) is -0.0748. The number of nitrogens with zero attached hydrogens (tertiary/aromatic N) is 1. The average molecular weight is 317 g/mol. The molecule has 22 heavy (non-hydrogen) atoms. The first-order chi connectivity index (χ1) is 10.7. The number of amides is 1. The maximum atomic E-state index is 12.4. The Morgan fingerprint density at radius 1 is 1.18 bits per heavy atom. The molecule has 1 aromatic carbocycles. The summed E-state index contributed by atoms with van der Waals surface area (Å²) in [5, 5.41) is 3.75. The third-order valence-electron chi connectivity index (χ3n) is 3.75. The second-order valence-electron chi connectivity index (χ2n) is 5.28. The van der Waals surface area contributed by atoms with E-state index in [1.54, 1.807) is 12.4 Å². The lowest BCUT2D eigenvalue weighted by Crippen LogP contribution is -2.37. The van der Waals surface area contributed by atoms with E-state index in [9.17, 15) is 4.79 Å². The fourth-order valence-electron chi connectivity index (χ4n) is 2.59. The summed E-state index contributed by atoms with van der Waals surface area (Å²) >= 11 is 5.95. The molecule has 5 heteroatoms. The van der Waals surface area contributed by atoms with Gasteiger partial charge in [0.2, 0.25) is 5.91 Å². The lowest BCUT2D eigenvalue weighted by atomic mass is 9.99. The van der Waals surface area contributed by atoms with Crippen LogP contribution in [0.15, 0.2) is 48.8 Å². The number of aromatic nitrogens is 1. The lowest BCUT2D eigenvalue weighted by Gasteiger charge is -2.21. The summed E-state index contributed by atoms with van der Waals surface area (Å²) in [6.45, 7) is 0.652. The molecule has 1 aromatic heterocycles. The monoisotopic (exact) mass is 316 g/mol. The van der Waals surface area contributed by atoms with Crippen molar-refractivity contribution in [2.45, 2.75) is 25.0 Å². The molecule has 0 saturated carbocycles. The first-order valence-corrected chi connectivity index (χ1v) is 7.69. The van der Waals surface area contributed by atoms with Crippen LogP contribution in [0, 0.1) is 0 Å². The molecule has 1 amide bonds. The SMILES string of the molecule is O=C(N[C@H](c1ccncc1)c1ccc(Cl)cc1)[C@@H]1CCCO1. The summed E-state index contributed by atoms with van der Waals surface area (Å²) < 4.78 is 5.46. The molecule has 1 N–H and O–H groups in total. The molecule has 2 aromatic rings. The smallest absolute Gasteiger partial charge is 0.249 e. The molecule has 0 spiro atoms. The first-order valence-electron chi connectivity index (χ1n) is 7.31. The molecule has 114 valence electrons. The van der Waals surface area contributed by atoms with Gasteiger partial charge in [-0.25, -0.2) is 0 Å². The van der Waals surface area contributed by atoms with Crippen molar-refractivity contribution < 1.29 is 9.53 Å². The number of nitrogens with one attached hydrogen (secondary N) is 1. The maximum Gasteiger partial charge on any atom is 0.249 e. The van der Waals surface area contributed by atoms with Crippen LogP contribution >= 0.6 is 11.6 Å². The van der Waals surface area contributed by atoms with E-state index in [1.807, 2.05) is 36.4 Å². The minimum Gasteiger partial charge on any atom is -0.368 e. The van der Waals surface area contributed by atoms with Gasteiger partial charge in [-0.15, -0.1) is 0 Å². The van der Waals surface area contributed by atoms with Crippen LogP contribution in [0.3, 0.4) is 0 Å².